The van der Waals surface area contributed by atoms with Gasteiger partial charge in [-0.25, -0.2) is 4.98 Å². The van der Waals surface area contributed by atoms with Crippen LogP contribution in [0.2, 0.25) is 0 Å². The van der Waals surface area contributed by atoms with Crippen LogP contribution in [0.15, 0.2) is 48.9 Å². The zero-order valence-corrected chi connectivity index (χ0v) is 17.3. The van der Waals surface area contributed by atoms with E-state index in [9.17, 15) is 9.90 Å². The molecule has 2 heterocycles. The summed E-state index contributed by atoms with van der Waals surface area (Å²) >= 11 is 0. The first kappa shape index (κ1) is 19.5. The molecule has 158 valence electrons. The van der Waals surface area contributed by atoms with Crippen LogP contribution >= 0.6 is 0 Å². The monoisotopic (exact) mass is 417 g/mol. The van der Waals surface area contributed by atoms with Gasteiger partial charge in [0.15, 0.2) is 5.78 Å². The molecular weight excluding hydrogens is 394 g/mol. The Bertz CT molecular complexity index is 1290. The summed E-state index contributed by atoms with van der Waals surface area (Å²) in [5, 5.41) is 19.5. The van der Waals surface area contributed by atoms with Crippen molar-refractivity contribution < 1.29 is 19.7 Å². The van der Waals surface area contributed by atoms with Gasteiger partial charge in [0.1, 0.15) is 18.5 Å². The molecule has 2 aromatic heterocycles. The molecule has 4 N–H and O–H groups in total. The second-order valence-electron chi connectivity index (χ2n) is 8.41. The number of aliphatic hydroxyl groups is 2. The van der Waals surface area contributed by atoms with Crippen LogP contribution in [-0.4, -0.2) is 50.3 Å². The number of nitrogens with zero attached hydrogens (tertiary/aromatic N) is 1. The minimum absolute atomic E-state index is 0.0162. The second-order valence-corrected chi connectivity index (χ2v) is 8.41. The van der Waals surface area contributed by atoms with E-state index in [4.69, 9.17) is 9.84 Å². The number of nitrogens with one attached hydrogen (secondary N) is 2. The van der Waals surface area contributed by atoms with Gasteiger partial charge in [0.2, 0.25) is 0 Å². The Morgan fingerprint density at radius 2 is 2.03 bits per heavy atom. The molecule has 0 radical (unpaired) electrons. The molecule has 0 aliphatic heterocycles. The van der Waals surface area contributed by atoms with Crippen molar-refractivity contribution in [2.75, 3.05) is 13.2 Å². The van der Waals surface area contributed by atoms with Crippen molar-refractivity contribution in [3.8, 4) is 17.0 Å². The molecule has 2 aromatic carbocycles. The number of benzene rings is 2. The lowest BCUT2D eigenvalue weighted by atomic mass is 9.71. The number of aliphatic hydroxyl groups excluding tert-OH is 2. The number of hydrogen-bond acceptors (Lipinski definition) is 5. The maximum atomic E-state index is 13.5. The standard InChI is InChI=1S/C24H23N3O4/c1-24(2)18-8-15(31-11-14(29)10-28)4-6-16(18)22(30)21-17-5-3-13(20-9-25-12-26-20)7-19(17)27-23(21)24/h3-9,12,14,27-29H,10-11H2,1-2H3,(H,25,26)/t14-/m0/s1. The summed E-state index contributed by atoms with van der Waals surface area (Å²) in [6.45, 7) is 3.77. The molecule has 0 bridgehead atoms. The molecule has 0 unspecified atom stereocenters. The smallest absolute Gasteiger partial charge is 0.195 e. The third-order valence-electron chi connectivity index (χ3n) is 6.02. The third kappa shape index (κ3) is 3.05. The van der Waals surface area contributed by atoms with E-state index >= 15 is 0 Å². The quantitative estimate of drug-likeness (QED) is 0.399. The maximum Gasteiger partial charge on any atom is 0.195 e. The Labute approximate surface area is 178 Å². The number of ether oxygens (including phenoxy) is 1. The first-order chi connectivity index (χ1) is 14.9. The summed E-state index contributed by atoms with van der Waals surface area (Å²) < 4.78 is 5.62. The van der Waals surface area contributed by atoms with Crippen LogP contribution in [0.5, 0.6) is 5.75 Å². The van der Waals surface area contributed by atoms with Gasteiger partial charge in [0.25, 0.3) is 0 Å². The molecule has 0 fully saturated rings. The normalized spacial score (nSPS) is 15.5. The summed E-state index contributed by atoms with van der Waals surface area (Å²) in [5.74, 6) is 0.528. The second kappa shape index (κ2) is 7.08. The summed E-state index contributed by atoms with van der Waals surface area (Å²) in [7, 11) is 0. The minimum Gasteiger partial charge on any atom is -0.491 e. The number of imidazole rings is 1. The molecule has 0 spiro atoms. The molecule has 4 aromatic rings. The van der Waals surface area contributed by atoms with Crippen molar-refractivity contribution >= 4 is 16.7 Å². The molecule has 1 aliphatic carbocycles. The molecule has 31 heavy (non-hydrogen) atoms. The van der Waals surface area contributed by atoms with E-state index < -0.39 is 11.5 Å². The molecule has 0 saturated carbocycles. The molecule has 0 amide bonds. The summed E-state index contributed by atoms with van der Waals surface area (Å²) in [4.78, 5) is 24.1. The molecule has 1 aliphatic rings. The number of aromatic amines is 2. The highest BCUT2D eigenvalue weighted by Gasteiger charge is 2.39. The van der Waals surface area contributed by atoms with E-state index in [2.05, 4.69) is 28.8 Å². The van der Waals surface area contributed by atoms with Crippen LogP contribution in [0.1, 0.15) is 41.0 Å². The lowest BCUT2D eigenvalue weighted by Crippen LogP contribution is -2.30. The van der Waals surface area contributed by atoms with Crippen LogP contribution in [0.4, 0.5) is 0 Å². The number of H-pyrrole nitrogens is 2. The van der Waals surface area contributed by atoms with Crippen molar-refractivity contribution in [3.63, 3.8) is 0 Å². The van der Waals surface area contributed by atoms with Crippen molar-refractivity contribution in [2.45, 2.75) is 25.4 Å². The molecule has 5 rings (SSSR count). The molecule has 7 nitrogen and oxygen atoms in total. The van der Waals surface area contributed by atoms with Crippen LogP contribution < -0.4 is 4.74 Å². The average Bonchev–Trinajstić information content (AvgIpc) is 3.44. The van der Waals surface area contributed by atoms with Crippen molar-refractivity contribution in [1.29, 1.82) is 0 Å². The number of rotatable bonds is 5. The van der Waals surface area contributed by atoms with Crippen molar-refractivity contribution in [1.82, 2.24) is 15.0 Å². The van der Waals surface area contributed by atoms with Crippen molar-refractivity contribution in [2.24, 2.45) is 0 Å². The van der Waals surface area contributed by atoms with Gasteiger partial charge in [-0.05, 0) is 29.8 Å². The number of aromatic nitrogens is 3. The van der Waals surface area contributed by atoms with Crippen molar-refractivity contribution in [3.05, 3.63) is 71.3 Å². The van der Waals surface area contributed by atoms with Gasteiger partial charge < -0.3 is 24.9 Å². The van der Waals surface area contributed by atoms with Gasteiger partial charge in [-0.15, -0.1) is 0 Å². The van der Waals surface area contributed by atoms with Gasteiger partial charge in [-0.2, -0.15) is 0 Å². The Balaban J connectivity index is 1.60. The lowest BCUT2D eigenvalue weighted by Gasteiger charge is -2.32. The topological polar surface area (TPSA) is 111 Å². The summed E-state index contributed by atoms with van der Waals surface area (Å²) in [6, 6.07) is 11.4. The fourth-order valence-corrected chi connectivity index (χ4v) is 4.33. The highest BCUT2D eigenvalue weighted by Crippen LogP contribution is 2.45. The van der Waals surface area contributed by atoms with E-state index in [1.807, 2.05) is 24.3 Å². The summed E-state index contributed by atoms with van der Waals surface area (Å²) in [6.07, 6.45) is 2.46. The predicted molar refractivity (Wildman–Crippen MR) is 116 cm³/mol. The highest BCUT2D eigenvalue weighted by atomic mass is 16.5. The van der Waals surface area contributed by atoms with Crippen LogP contribution in [-0.2, 0) is 5.41 Å². The minimum atomic E-state index is -0.949. The van der Waals surface area contributed by atoms with Crippen LogP contribution in [0.3, 0.4) is 0 Å². The Morgan fingerprint density at radius 3 is 2.77 bits per heavy atom. The zero-order chi connectivity index (χ0) is 21.8. The largest absolute Gasteiger partial charge is 0.491 e. The molecule has 0 saturated heterocycles. The highest BCUT2D eigenvalue weighted by molar-refractivity contribution is 6.20. The molecular formula is C24H23N3O4. The van der Waals surface area contributed by atoms with Crippen LogP contribution in [0.25, 0.3) is 22.2 Å². The van der Waals surface area contributed by atoms with Gasteiger partial charge in [-0.3, -0.25) is 4.79 Å². The Kier molecular flexibility index (Phi) is 4.46. The molecule has 1 atom stereocenters. The van der Waals surface area contributed by atoms with E-state index in [0.717, 1.165) is 33.4 Å². The van der Waals surface area contributed by atoms with E-state index in [1.54, 1.807) is 24.7 Å². The van der Waals surface area contributed by atoms with Crippen LogP contribution in [0, 0.1) is 0 Å². The fourth-order valence-electron chi connectivity index (χ4n) is 4.33. The first-order valence-corrected chi connectivity index (χ1v) is 10.2. The van der Waals surface area contributed by atoms with Gasteiger partial charge in [-0.1, -0.05) is 26.0 Å². The lowest BCUT2D eigenvalue weighted by molar-refractivity contribution is 0.0535. The first-order valence-electron chi connectivity index (χ1n) is 10.2. The number of carbonyl (C=O) groups is 1. The van der Waals surface area contributed by atoms with Gasteiger partial charge >= 0.3 is 0 Å². The Morgan fingerprint density at radius 1 is 1.19 bits per heavy atom. The summed E-state index contributed by atoms with van der Waals surface area (Å²) in [5.41, 5.74) is 5.42. The fraction of sp³-hybridized carbons (Fsp3) is 0.250. The zero-order valence-electron chi connectivity index (χ0n) is 17.3. The number of carbonyl (C=O) groups excluding carboxylic acids is 1. The maximum absolute atomic E-state index is 13.5. The van der Waals surface area contributed by atoms with E-state index in [1.165, 1.54) is 0 Å². The molecule has 7 heteroatoms. The Hall–Kier alpha value is -3.42. The number of ketones is 1. The van der Waals surface area contributed by atoms with E-state index in [0.29, 0.717) is 16.9 Å². The predicted octanol–water partition coefficient (Wildman–Crippen LogP) is 3.16. The van der Waals surface area contributed by atoms with E-state index in [-0.39, 0.29) is 19.0 Å². The number of fused-ring (bicyclic) bond motifs is 4. The van der Waals surface area contributed by atoms with Gasteiger partial charge in [0.05, 0.1) is 30.4 Å². The average molecular weight is 417 g/mol. The SMILES string of the molecule is CC1(C)c2cc(OC[C@@H](O)CO)ccc2C(=O)c2c1[nH]c1cc(-c3cnc[nH]3)ccc21. The third-order valence-corrected chi connectivity index (χ3v) is 6.02. The number of hydrogen-bond donors (Lipinski definition) is 4. The van der Waals surface area contributed by atoms with Gasteiger partial charge in [0, 0.05) is 33.1 Å².